The Morgan fingerprint density at radius 3 is 2.28 bits per heavy atom. The second-order valence-corrected chi connectivity index (χ2v) is 4.62. The van der Waals surface area contributed by atoms with Gasteiger partial charge in [-0.1, -0.05) is 30.3 Å². The molecule has 18 heavy (non-hydrogen) atoms. The third-order valence-corrected chi connectivity index (χ3v) is 3.08. The van der Waals surface area contributed by atoms with Crippen LogP contribution in [0.2, 0.25) is 0 Å². The predicted molar refractivity (Wildman–Crippen MR) is 72.2 cm³/mol. The Morgan fingerprint density at radius 2 is 1.61 bits per heavy atom. The summed E-state index contributed by atoms with van der Waals surface area (Å²) in [4.78, 5) is 12.4. The van der Waals surface area contributed by atoms with E-state index in [0.29, 0.717) is 11.1 Å². The van der Waals surface area contributed by atoms with Crippen molar-refractivity contribution in [2.75, 3.05) is 0 Å². The summed E-state index contributed by atoms with van der Waals surface area (Å²) in [6.45, 7) is 5.62. The standard InChI is InChI=1S/C16H16O2/c1-10-8-12(3)15(17)14(9-10)16(18)13-7-5-4-6-11(13)2/h4-9,17H,1-3H3. The summed E-state index contributed by atoms with van der Waals surface area (Å²) in [5.41, 5.74) is 3.63. The van der Waals surface area contributed by atoms with E-state index in [1.54, 1.807) is 19.1 Å². The van der Waals surface area contributed by atoms with Gasteiger partial charge in [0.15, 0.2) is 5.78 Å². The second-order valence-electron chi connectivity index (χ2n) is 4.62. The average molecular weight is 240 g/mol. The van der Waals surface area contributed by atoms with E-state index in [4.69, 9.17) is 0 Å². The molecular weight excluding hydrogens is 224 g/mol. The highest BCUT2D eigenvalue weighted by atomic mass is 16.3. The van der Waals surface area contributed by atoms with Crippen LogP contribution >= 0.6 is 0 Å². The lowest BCUT2D eigenvalue weighted by molar-refractivity contribution is 0.103. The molecule has 0 saturated carbocycles. The summed E-state index contributed by atoms with van der Waals surface area (Å²) < 4.78 is 0. The van der Waals surface area contributed by atoms with Crippen molar-refractivity contribution in [3.8, 4) is 5.75 Å². The zero-order valence-corrected chi connectivity index (χ0v) is 10.8. The molecule has 1 N–H and O–H groups in total. The SMILES string of the molecule is Cc1cc(C)c(O)c(C(=O)c2ccccc2C)c1. The number of aryl methyl sites for hydroxylation is 3. The summed E-state index contributed by atoms with van der Waals surface area (Å²) in [7, 11) is 0. The predicted octanol–water partition coefficient (Wildman–Crippen LogP) is 3.55. The molecule has 2 aromatic rings. The number of aromatic hydroxyl groups is 1. The Bertz CT molecular complexity index is 612. The molecule has 0 aliphatic rings. The number of phenols is 1. The topological polar surface area (TPSA) is 37.3 Å². The molecule has 0 radical (unpaired) electrons. The molecule has 2 rings (SSSR count). The molecule has 2 aromatic carbocycles. The van der Waals surface area contributed by atoms with Gasteiger partial charge in [-0.15, -0.1) is 0 Å². The van der Waals surface area contributed by atoms with Crippen LogP contribution in [0.3, 0.4) is 0 Å². The number of hydrogen-bond donors (Lipinski definition) is 1. The molecule has 0 aromatic heterocycles. The molecular formula is C16H16O2. The van der Waals surface area contributed by atoms with E-state index in [1.807, 2.05) is 38.1 Å². The lowest BCUT2D eigenvalue weighted by Gasteiger charge is -2.09. The van der Waals surface area contributed by atoms with E-state index in [9.17, 15) is 9.90 Å². The summed E-state index contributed by atoms with van der Waals surface area (Å²) in [6, 6.07) is 11.0. The Balaban J connectivity index is 2.57. The van der Waals surface area contributed by atoms with Crippen LogP contribution in [0, 0.1) is 20.8 Å². The van der Waals surface area contributed by atoms with Gasteiger partial charge in [-0.05, 0) is 43.5 Å². The van der Waals surface area contributed by atoms with Crippen LogP contribution in [0.5, 0.6) is 5.75 Å². The van der Waals surface area contributed by atoms with E-state index < -0.39 is 0 Å². The van der Waals surface area contributed by atoms with Gasteiger partial charge in [0, 0.05) is 5.56 Å². The van der Waals surface area contributed by atoms with Crippen molar-refractivity contribution in [3.63, 3.8) is 0 Å². The third-order valence-electron chi connectivity index (χ3n) is 3.08. The molecule has 0 atom stereocenters. The number of carbonyl (C=O) groups is 1. The fraction of sp³-hybridized carbons (Fsp3) is 0.188. The highest BCUT2D eigenvalue weighted by Crippen LogP contribution is 2.26. The largest absolute Gasteiger partial charge is 0.507 e. The summed E-state index contributed by atoms with van der Waals surface area (Å²) >= 11 is 0. The molecule has 0 unspecified atom stereocenters. The van der Waals surface area contributed by atoms with Crippen molar-refractivity contribution in [2.24, 2.45) is 0 Å². The van der Waals surface area contributed by atoms with Gasteiger partial charge in [0.1, 0.15) is 5.75 Å². The van der Waals surface area contributed by atoms with Crippen LogP contribution < -0.4 is 0 Å². The van der Waals surface area contributed by atoms with Gasteiger partial charge in [0.2, 0.25) is 0 Å². The number of phenolic OH excluding ortho intramolecular Hbond substituents is 1. The lowest BCUT2D eigenvalue weighted by atomic mass is 9.95. The van der Waals surface area contributed by atoms with Gasteiger partial charge in [0.05, 0.1) is 5.56 Å². The second kappa shape index (κ2) is 4.65. The summed E-state index contributed by atoms with van der Waals surface area (Å²) in [5.74, 6) is -0.0498. The molecule has 92 valence electrons. The van der Waals surface area contributed by atoms with Gasteiger partial charge >= 0.3 is 0 Å². The third kappa shape index (κ3) is 2.14. The van der Waals surface area contributed by atoms with Crippen LogP contribution in [0.25, 0.3) is 0 Å². The van der Waals surface area contributed by atoms with Crippen LogP contribution in [0.15, 0.2) is 36.4 Å². The number of hydrogen-bond acceptors (Lipinski definition) is 2. The molecule has 0 bridgehead atoms. The molecule has 2 heteroatoms. The smallest absolute Gasteiger partial charge is 0.197 e. The zero-order valence-electron chi connectivity index (χ0n) is 10.8. The molecule has 0 saturated heterocycles. The molecule has 0 fully saturated rings. The van der Waals surface area contributed by atoms with E-state index in [0.717, 1.165) is 16.7 Å². The van der Waals surface area contributed by atoms with Crippen LogP contribution in [-0.2, 0) is 0 Å². The van der Waals surface area contributed by atoms with Gasteiger partial charge in [-0.3, -0.25) is 4.79 Å². The maximum absolute atomic E-state index is 12.4. The fourth-order valence-electron chi connectivity index (χ4n) is 2.11. The first-order chi connectivity index (χ1) is 8.50. The Morgan fingerprint density at radius 1 is 0.944 bits per heavy atom. The van der Waals surface area contributed by atoms with Crippen LogP contribution in [0.4, 0.5) is 0 Å². The van der Waals surface area contributed by atoms with Crippen molar-refractivity contribution >= 4 is 5.78 Å². The monoisotopic (exact) mass is 240 g/mol. The maximum Gasteiger partial charge on any atom is 0.197 e. The lowest BCUT2D eigenvalue weighted by Crippen LogP contribution is -2.05. The average Bonchev–Trinajstić information content (AvgIpc) is 2.33. The Hall–Kier alpha value is -2.09. The number of benzene rings is 2. The highest BCUT2D eigenvalue weighted by Gasteiger charge is 2.16. The Kier molecular flexibility index (Phi) is 3.19. The molecule has 0 heterocycles. The number of carbonyl (C=O) groups excluding carboxylic acids is 1. The van der Waals surface area contributed by atoms with Gasteiger partial charge in [-0.25, -0.2) is 0 Å². The zero-order chi connectivity index (χ0) is 13.3. The molecule has 2 nitrogen and oxygen atoms in total. The van der Waals surface area contributed by atoms with E-state index in [1.165, 1.54) is 0 Å². The normalized spacial score (nSPS) is 10.4. The van der Waals surface area contributed by atoms with Crippen molar-refractivity contribution < 1.29 is 9.90 Å². The van der Waals surface area contributed by atoms with Crippen molar-refractivity contribution in [3.05, 3.63) is 64.2 Å². The summed E-state index contributed by atoms with van der Waals surface area (Å²) in [5, 5.41) is 10.0. The minimum Gasteiger partial charge on any atom is -0.507 e. The highest BCUT2D eigenvalue weighted by molar-refractivity contribution is 6.11. The number of rotatable bonds is 2. The van der Waals surface area contributed by atoms with Gasteiger partial charge < -0.3 is 5.11 Å². The molecule has 0 aliphatic carbocycles. The fourth-order valence-corrected chi connectivity index (χ4v) is 2.11. The quantitative estimate of drug-likeness (QED) is 0.815. The van der Waals surface area contributed by atoms with Gasteiger partial charge in [-0.2, -0.15) is 0 Å². The van der Waals surface area contributed by atoms with Crippen molar-refractivity contribution in [1.82, 2.24) is 0 Å². The van der Waals surface area contributed by atoms with Crippen LogP contribution in [-0.4, -0.2) is 10.9 Å². The first-order valence-corrected chi connectivity index (χ1v) is 5.91. The van der Waals surface area contributed by atoms with Crippen LogP contribution in [0.1, 0.15) is 32.6 Å². The van der Waals surface area contributed by atoms with E-state index >= 15 is 0 Å². The first-order valence-electron chi connectivity index (χ1n) is 5.91. The van der Waals surface area contributed by atoms with Crippen molar-refractivity contribution in [2.45, 2.75) is 20.8 Å². The summed E-state index contributed by atoms with van der Waals surface area (Å²) in [6.07, 6.45) is 0. The molecule has 0 spiro atoms. The minimum absolute atomic E-state index is 0.0776. The first kappa shape index (κ1) is 12.4. The maximum atomic E-state index is 12.4. The molecule has 0 aliphatic heterocycles. The minimum atomic E-state index is -0.127. The van der Waals surface area contributed by atoms with Gasteiger partial charge in [0.25, 0.3) is 0 Å². The van der Waals surface area contributed by atoms with E-state index in [2.05, 4.69) is 0 Å². The molecule has 0 amide bonds. The van der Waals surface area contributed by atoms with E-state index in [-0.39, 0.29) is 11.5 Å². The van der Waals surface area contributed by atoms with Crippen molar-refractivity contribution in [1.29, 1.82) is 0 Å². The Labute approximate surface area is 107 Å². The number of ketones is 1.